The molecular formula is C9H14O3. The van der Waals surface area contributed by atoms with Gasteiger partial charge in [-0.1, -0.05) is 5.92 Å². The standard InChI is InChI=1S/C9H14O3/c1-9(11-7-8-12-9)5-3-2-4-6-10/h10H,3,5-8H2,1H3. The summed E-state index contributed by atoms with van der Waals surface area (Å²) in [5.41, 5.74) is 0. The molecule has 3 nitrogen and oxygen atoms in total. The molecule has 12 heavy (non-hydrogen) atoms. The van der Waals surface area contributed by atoms with E-state index >= 15 is 0 Å². The molecule has 0 bridgehead atoms. The first-order valence-electron chi connectivity index (χ1n) is 4.11. The summed E-state index contributed by atoms with van der Waals surface area (Å²) in [6.07, 6.45) is 1.47. The van der Waals surface area contributed by atoms with Gasteiger partial charge in [-0.3, -0.25) is 0 Å². The second-order valence-corrected chi connectivity index (χ2v) is 2.84. The topological polar surface area (TPSA) is 38.7 Å². The summed E-state index contributed by atoms with van der Waals surface area (Å²) < 4.78 is 10.7. The molecular weight excluding hydrogens is 156 g/mol. The summed E-state index contributed by atoms with van der Waals surface area (Å²) in [6.45, 7) is 3.19. The lowest BCUT2D eigenvalue weighted by atomic mass is 10.2. The molecule has 1 aliphatic heterocycles. The smallest absolute Gasteiger partial charge is 0.166 e. The first-order valence-corrected chi connectivity index (χ1v) is 4.11. The zero-order valence-electron chi connectivity index (χ0n) is 7.30. The van der Waals surface area contributed by atoms with Crippen molar-refractivity contribution in [1.29, 1.82) is 0 Å². The number of aliphatic hydroxyl groups excluding tert-OH is 1. The van der Waals surface area contributed by atoms with Crippen molar-refractivity contribution in [2.24, 2.45) is 0 Å². The fourth-order valence-corrected chi connectivity index (χ4v) is 1.13. The van der Waals surface area contributed by atoms with E-state index in [0.717, 1.165) is 6.42 Å². The fourth-order valence-electron chi connectivity index (χ4n) is 1.13. The van der Waals surface area contributed by atoms with Crippen molar-refractivity contribution >= 4 is 0 Å². The van der Waals surface area contributed by atoms with E-state index in [1.54, 1.807) is 0 Å². The highest BCUT2D eigenvalue weighted by Gasteiger charge is 2.29. The monoisotopic (exact) mass is 170 g/mol. The molecule has 0 amide bonds. The Morgan fingerprint density at radius 1 is 1.33 bits per heavy atom. The molecule has 1 heterocycles. The van der Waals surface area contributed by atoms with Crippen LogP contribution in [0.5, 0.6) is 0 Å². The van der Waals surface area contributed by atoms with Crippen molar-refractivity contribution in [2.45, 2.75) is 25.6 Å². The third kappa shape index (κ3) is 2.82. The lowest BCUT2D eigenvalue weighted by Crippen LogP contribution is -2.24. The Bertz CT molecular complexity index is 184. The van der Waals surface area contributed by atoms with E-state index < -0.39 is 5.79 Å². The molecule has 0 aromatic heterocycles. The molecule has 0 saturated carbocycles. The molecule has 0 radical (unpaired) electrons. The number of hydrogen-bond donors (Lipinski definition) is 1. The molecule has 1 aliphatic rings. The van der Waals surface area contributed by atoms with Crippen LogP contribution in [0.15, 0.2) is 0 Å². The fraction of sp³-hybridized carbons (Fsp3) is 0.778. The van der Waals surface area contributed by atoms with Crippen LogP contribution < -0.4 is 0 Å². The number of rotatable bonds is 2. The van der Waals surface area contributed by atoms with Gasteiger partial charge >= 0.3 is 0 Å². The zero-order valence-corrected chi connectivity index (χ0v) is 7.30. The summed E-state index contributed by atoms with van der Waals surface area (Å²) in [4.78, 5) is 0. The molecule has 1 saturated heterocycles. The Hall–Kier alpha value is -0.560. The minimum atomic E-state index is -0.440. The summed E-state index contributed by atoms with van der Waals surface area (Å²) >= 11 is 0. The lowest BCUT2D eigenvalue weighted by molar-refractivity contribution is -0.145. The van der Waals surface area contributed by atoms with Crippen molar-refractivity contribution in [3.8, 4) is 11.8 Å². The highest BCUT2D eigenvalue weighted by Crippen LogP contribution is 2.23. The third-order valence-electron chi connectivity index (χ3n) is 1.81. The summed E-state index contributed by atoms with van der Waals surface area (Å²) in [6, 6.07) is 0. The summed E-state index contributed by atoms with van der Waals surface area (Å²) in [5.74, 6) is 4.97. The van der Waals surface area contributed by atoms with Gasteiger partial charge in [0.25, 0.3) is 0 Å². The Labute approximate surface area is 72.7 Å². The normalized spacial score (nSPS) is 20.2. The van der Waals surface area contributed by atoms with Crippen LogP contribution in [0.2, 0.25) is 0 Å². The molecule has 0 unspecified atom stereocenters. The van der Waals surface area contributed by atoms with Crippen molar-refractivity contribution in [3.63, 3.8) is 0 Å². The van der Waals surface area contributed by atoms with Gasteiger partial charge in [0, 0.05) is 12.8 Å². The van der Waals surface area contributed by atoms with Crippen LogP contribution in [0.4, 0.5) is 0 Å². The van der Waals surface area contributed by atoms with E-state index in [-0.39, 0.29) is 6.61 Å². The van der Waals surface area contributed by atoms with Gasteiger partial charge in [-0.25, -0.2) is 0 Å². The average Bonchev–Trinajstić information content (AvgIpc) is 2.47. The van der Waals surface area contributed by atoms with Crippen LogP contribution in [-0.2, 0) is 9.47 Å². The predicted octanol–water partition coefficient (Wildman–Crippen LogP) is 0.525. The molecule has 0 aliphatic carbocycles. The SMILES string of the molecule is CC1(CCC#CCO)OCCO1. The average molecular weight is 170 g/mol. The van der Waals surface area contributed by atoms with Crippen LogP contribution in [0.1, 0.15) is 19.8 Å². The third-order valence-corrected chi connectivity index (χ3v) is 1.81. The predicted molar refractivity (Wildman–Crippen MR) is 44.4 cm³/mol. The first-order chi connectivity index (χ1) is 5.77. The summed E-state index contributed by atoms with van der Waals surface area (Å²) in [7, 11) is 0. The van der Waals surface area contributed by atoms with Gasteiger partial charge < -0.3 is 14.6 Å². The van der Waals surface area contributed by atoms with E-state index in [9.17, 15) is 0 Å². The minimum absolute atomic E-state index is 0.0710. The summed E-state index contributed by atoms with van der Waals surface area (Å²) in [5, 5.41) is 8.39. The maximum atomic E-state index is 8.39. The molecule has 68 valence electrons. The Kier molecular flexibility index (Phi) is 3.54. The quantitative estimate of drug-likeness (QED) is 0.614. The number of ether oxygens (including phenoxy) is 2. The van der Waals surface area contributed by atoms with Gasteiger partial charge in [0.2, 0.25) is 0 Å². The van der Waals surface area contributed by atoms with Gasteiger partial charge in [-0.05, 0) is 6.92 Å². The largest absolute Gasteiger partial charge is 0.384 e. The van der Waals surface area contributed by atoms with E-state index in [4.69, 9.17) is 14.6 Å². The van der Waals surface area contributed by atoms with Crippen molar-refractivity contribution in [1.82, 2.24) is 0 Å². The molecule has 0 atom stereocenters. The lowest BCUT2D eigenvalue weighted by Gasteiger charge is -2.20. The minimum Gasteiger partial charge on any atom is -0.384 e. The first kappa shape index (κ1) is 9.53. The van der Waals surface area contributed by atoms with Gasteiger partial charge in [-0.15, -0.1) is 5.92 Å². The molecule has 1 rings (SSSR count). The van der Waals surface area contributed by atoms with Crippen molar-refractivity contribution in [2.75, 3.05) is 19.8 Å². The number of aliphatic hydroxyl groups is 1. The van der Waals surface area contributed by atoms with Gasteiger partial charge in [0.05, 0.1) is 13.2 Å². The van der Waals surface area contributed by atoms with Crippen molar-refractivity contribution in [3.05, 3.63) is 0 Å². The zero-order chi connectivity index (χ0) is 8.86. The van der Waals surface area contributed by atoms with E-state index in [0.29, 0.717) is 19.6 Å². The van der Waals surface area contributed by atoms with E-state index in [1.807, 2.05) is 6.92 Å². The van der Waals surface area contributed by atoms with Gasteiger partial charge in [-0.2, -0.15) is 0 Å². The highest BCUT2D eigenvalue weighted by atomic mass is 16.7. The highest BCUT2D eigenvalue weighted by molar-refractivity contribution is 4.99. The van der Waals surface area contributed by atoms with Gasteiger partial charge in [0.1, 0.15) is 6.61 Å². The Morgan fingerprint density at radius 3 is 2.58 bits per heavy atom. The van der Waals surface area contributed by atoms with Crippen LogP contribution >= 0.6 is 0 Å². The molecule has 1 fully saturated rings. The van der Waals surface area contributed by atoms with Crippen LogP contribution in [0.25, 0.3) is 0 Å². The van der Waals surface area contributed by atoms with Gasteiger partial charge in [0.15, 0.2) is 5.79 Å². The molecule has 0 spiro atoms. The Morgan fingerprint density at radius 2 is 2.00 bits per heavy atom. The van der Waals surface area contributed by atoms with E-state index in [1.165, 1.54) is 0 Å². The van der Waals surface area contributed by atoms with Crippen LogP contribution in [0.3, 0.4) is 0 Å². The van der Waals surface area contributed by atoms with Crippen LogP contribution in [-0.4, -0.2) is 30.7 Å². The Balaban J connectivity index is 2.21. The number of hydrogen-bond acceptors (Lipinski definition) is 3. The second-order valence-electron chi connectivity index (χ2n) is 2.84. The van der Waals surface area contributed by atoms with E-state index in [2.05, 4.69) is 11.8 Å². The maximum absolute atomic E-state index is 8.39. The maximum Gasteiger partial charge on any atom is 0.166 e. The molecule has 3 heteroatoms. The molecule has 1 N–H and O–H groups in total. The van der Waals surface area contributed by atoms with Crippen LogP contribution in [0, 0.1) is 11.8 Å². The molecule has 0 aromatic carbocycles. The van der Waals surface area contributed by atoms with Crippen molar-refractivity contribution < 1.29 is 14.6 Å². The molecule has 0 aromatic rings. The second kappa shape index (κ2) is 4.46.